The SMILES string of the molecule is CC(C)C(=O)N(C)CCN(C)N. The molecule has 0 bridgehead atoms. The van der Waals surface area contributed by atoms with Crippen LogP contribution in [0.4, 0.5) is 0 Å². The topological polar surface area (TPSA) is 49.6 Å². The van der Waals surface area contributed by atoms with Gasteiger partial charge in [0, 0.05) is 33.1 Å². The number of carbonyl (C=O) groups is 1. The molecule has 4 nitrogen and oxygen atoms in total. The number of carbonyl (C=O) groups excluding carboxylic acids is 1. The maximum atomic E-state index is 11.3. The zero-order valence-electron chi connectivity index (χ0n) is 8.37. The molecule has 0 aliphatic heterocycles. The second-order valence-corrected chi connectivity index (χ2v) is 3.40. The lowest BCUT2D eigenvalue weighted by Gasteiger charge is -2.21. The van der Waals surface area contributed by atoms with Gasteiger partial charge >= 0.3 is 0 Å². The van der Waals surface area contributed by atoms with Gasteiger partial charge in [0.25, 0.3) is 0 Å². The Kier molecular flexibility index (Phi) is 4.85. The van der Waals surface area contributed by atoms with Gasteiger partial charge in [0.05, 0.1) is 0 Å². The zero-order valence-corrected chi connectivity index (χ0v) is 8.37. The van der Waals surface area contributed by atoms with E-state index in [0.717, 1.165) is 0 Å². The zero-order chi connectivity index (χ0) is 9.72. The molecule has 0 aliphatic carbocycles. The van der Waals surface area contributed by atoms with E-state index in [2.05, 4.69) is 0 Å². The van der Waals surface area contributed by atoms with Crippen molar-refractivity contribution in [3.8, 4) is 0 Å². The predicted octanol–water partition coefficient (Wildman–Crippen LogP) is -0.0937. The fourth-order valence-electron chi connectivity index (χ4n) is 0.859. The minimum absolute atomic E-state index is 0.0677. The molecule has 0 aromatic heterocycles. The monoisotopic (exact) mass is 173 g/mol. The number of rotatable bonds is 4. The van der Waals surface area contributed by atoms with Gasteiger partial charge < -0.3 is 4.90 Å². The lowest BCUT2D eigenvalue weighted by molar-refractivity contribution is -0.133. The second-order valence-electron chi connectivity index (χ2n) is 3.40. The van der Waals surface area contributed by atoms with Gasteiger partial charge in [-0.15, -0.1) is 0 Å². The van der Waals surface area contributed by atoms with E-state index in [1.807, 2.05) is 13.8 Å². The Labute approximate surface area is 74.3 Å². The molecule has 4 heteroatoms. The van der Waals surface area contributed by atoms with Crippen molar-refractivity contribution in [3.63, 3.8) is 0 Å². The van der Waals surface area contributed by atoms with Crippen LogP contribution in [-0.2, 0) is 4.79 Å². The molecule has 0 saturated heterocycles. The molecular weight excluding hydrogens is 154 g/mol. The molecule has 72 valence electrons. The Morgan fingerprint density at radius 3 is 2.17 bits per heavy atom. The van der Waals surface area contributed by atoms with Crippen LogP contribution >= 0.6 is 0 Å². The molecule has 0 heterocycles. The standard InChI is InChI=1S/C8H19N3O/c1-7(2)8(12)10(3)5-6-11(4)9/h7H,5-6,9H2,1-4H3. The third-order valence-corrected chi connectivity index (χ3v) is 1.66. The summed E-state index contributed by atoms with van der Waals surface area (Å²) < 4.78 is 0. The van der Waals surface area contributed by atoms with Crippen LogP contribution in [0.3, 0.4) is 0 Å². The van der Waals surface area contributed by atoms with Crippen molar-refractivity contribution >= 4 is 5.91 Å². The quantitative estimate of drug-likeness (QED) is 0.477. The summed E-state index contributed by atoms with van der Waals surface area (Å²) in [6.07, 6.45) is 0. The van der Waals surface area contributed by atoms with Crippen LogP contribution in [0.1, 0.15) is 13.8 Å². The van der Waals surface area contributed by atoms with Gasteiger partial charge in [-0.3, -0.25) is 10.6 Å². The van der Waals surface area contributed by atoms with Gasteiger partial charge in [-0.2, -0.15) is 0 Å². The van der Waals surface area contributed by atoms with Gasteiger partial charge in [-0.25, -0.2) is 5.01 Å². The maximum absolute atomic E-state index is 11.3. The third kappa shape index (κ3) is 4.31. The Morgan fingerprint density at radius 2 is 1.83 bits per heavy atom. The van der Waals surface area contributed by atoms with Gasteiger partial charge in [0.2, 0.25) is 5.91 Å². The van der Waals surface area contributed by atoms with Crippen molar-refractivity contribution in [1.29, 1.82) is 0 Å². The molecule has 2 N–H and O–H groups in total. The highest BCUT2D eigenvalue weighted by atomic mass is 16.2. The van der Waals surface area contributed by atoms with Crippen molar-refractivity contribution in [1.82, 2.24) is 9.91 Å². The first kappa shape index (κ1) is 11.4. The average molecular weight is 173 g/mol. The molecule has 0 aromatic rings. The predicted molar refractivity (Wildman–Crippen MR) is 49.3 cm³/mol. The summed E-state index contributed by atoms with van der Waals surface area (Å²) in [6, 6.07) is 0. The highest BCUT2D eigenvalue weighted by molar-refractivity contribution is 5.77. The second kappa shape index (κ2) is 5.11. The van der Waals surface area contributed by atoms with Crippen molar-refractivity contribution in [2.75, 3.05) is 27.2 Å². The minimum atomic E-state index is 0.0677. The van der Waals surface area contributed by atoms with Gasteiger partial charge in [-0.05, 0) is 0 Å². The van der Waals surface area contributed by atoms with Gasteiger partial charge in [0.15, 0.2) is 0 Å². The van der Waals surface area contributed by atoms with Gasteiger partial charge in [0.1, 0.15) is 0 Å². The fourth-order valence-corrected chi connectivity index (χ4v) is 0.859. The summed E-state index contributed by atoms with van der Waals surface area (Å²) in [5.41, 5.74) is 0. The molecule has 0 atom stereocenters. The number of nitrogens with two attached hydrogens (primary N) is 1. The van der Waals surface area contributed by atoms with Crippen LogP contribution in [0.15, 0.2) is 0 Å². The molecule has 0 aliphatic rings. The Hall–Kier alpha value is -0.610. The summed E-state index contributed by atoms with van der Waals surface area (Å²) in [7, 11) is 3.58. The molecule has 12 heavy (non-hydrogen) atoms. The van der Waals surface area contributed by atoms with Gasteiger partial charge in [-0.1, -0.05) is 13.8 Å². The van der Waals surface area contributed by atoms with Crippen LogP contribution in [0.5, 0.6) is 0 Å². The summed E-state index contributed by atoms with van der Waals surface area (Å²) in [5.74, 6) is 5.64. The van der Waals surface area contributed by atoms with E-state index in [0.29, 0.717) is 13.1 Å². The van der Waals surface area contributed by atoms with Crippen molar-refractivity contribution < 1.29 is 4.79 Å². The van der Waals surface area contributed by atoms with Crippen LogP contribution in [0, 0.1) is 5.92 Å². The van der Waals surface area contributed by atoms with E-state index in [1.54, 1.807) is 24.0 Å². The van der Waals surface area contributed by atoms with Crippen LogP contribution < -0.4 is 5.84 Å². The van der Waals surface area contributed by atoms with E-state index in [-0.39, 0.29) is 11.8 Å². The Balaban J connectivity index is 3.72. The normalized spacial score (nSPS) is 10.9. The molecule has 0 spiro atoms. The summed E-state index contributed by atoms with van der Waals surface area (Å²) in [4.78, 5) is 13.0. The molecular formula is C8H19N3O. The van der Waals surface area contributed by atoms with E-state index in [9.17, 15) is 4.79 Å². The summed E-state index contributed by atoms with van der Waals surface area (Å²) in [5, 5.41) is 1.57. The lowest BCUT2D eigenvalue weighted by Crippen LogP contribution is -2.39. The number of hydrogen-bond donors (Lipinski definition) is 1. The molecule has 0 saturated carbocycles. The number of nitrogens with zero attached hydrogens (tertiary/aromatic N) is 2. The fraction of sp³-hybridized carbons (Fsp3) is 0.875. The van der Waals surface area contributed by atoms with E-state index < -0.39 is 0 Å². The minimum Gasteiger partial charge on any atom is -0.344 e. The van der Waals surface area contributed by atoms with E-state index in [4.69, 9.17) is 5.84 Å². The number of amides is 1. The molecule has 0 rings (SSSR count). The smallest absolute Gasteiger partial charge is 0.224 e. The number of hydrogen-bond acceptors (Lipinski definition) is 3. The Bertz CT molecular complexity index is 145. The van der Waals surface area contributed by atoms with Crippen molar-refractivity contribution in [2.45, 2.75) is 13.8 Å². The average Bonchev–Trinajstić information content (AvgIpc) is 1.98. The van der Waals surface area contributed by atoms with Crippen LogP contribution in [-0.4, -0.2) is 43.0 Å². The first-order chi connectivity index (χ1) is 5.45. The Morgan fingerprint density at radius 1 is 1.33 bits per heavy atom. The first-order valence-corrected chi connectivity index (χ1v) is 4.16. The molecule has 0 fully saturated rings. The highest BCUT2D eigenvalue weighted by Crippen LogP contribution is 1.97. The van der Waals surface area contributed by atoms with E-state index >= 15 is 0 Å². The highest BCUT2D eigenvalue weighted by Gasteiger charge is 2.11. The summed E-state index contributed by atoms with van der Waals surface area (Å²) >= 11 is 0. The number of hydrazine groups is 1. The third-order valence-electron chi connectivity index (χ3n) is 1.66. The van der Waals surface area contributed by atoms with Crippen LogP contribution in [0.2, 0.25) is 0 Å². The van der Waals surface area contributed by atoms with E-state index in [1.165, 1.54) is 0 Å². The largest absolute Gasteiger partial charge is 0.344 e. The maximum Gasteiger partial charge on any atom is 0.224 e. The lowest BCUT2D eigenvalue weighted by atomic mass is 10.2. The molecule has 0 aromatic carbocycles. The van der Waals surface area contributed by atoms with Crippen molar-refractivity contribution in [2.24, 2.45) is 11.8 Å². The molecule has 1 amide bonds. The first-order valence-electron chi connectivity index (χ1n) is 4.16. The number of likely N-dealkylation sites (N-methyl/N-ethyl adjacent to an activating group) is 2. The van der Waals surface area contributed by atoms with Crippen molar-refractivity contribution in [3.05, 3.63) is 0 Å². The molecule has 0 unspecified atom stereocenters. The molecule has 0 radical (unpaired) electrons. The summed E-state index contributed by atoms with van der Waals surface area (Å²) in [6.45, 7) is 5.18. The van der Waals surface area contributed by atoms with Crippen LogP contribution in [0.25, 0.3) is 0 Å².